The maximum atomic E-state index is 13.0. The number of oxime groups is 1. The first-order valence-corrected chi connectivity index (χ1v) is 10.4. The molecule has 1 aromatic rings. The molecular weight excluding hydrogens is 372 g/mol. The zero-order valence-electron chi connectivity index (χ0n) is 15.9. The highest BCUT2D eigenvalue weighted by Gasteiger charge is 2.43. The molecule has 0 saturated carbocycles. The van der Waals surface area contributed by atoms with E-state index in [2.05, 4.69) is 12.1 Å². The van der Waals surface area contributed by atoms with Crippen LogP contribution < -0.4 is 4.74 Å². The number of benzene rings is 1. The van der Waals surface area contributed by atoms with E-state index in [1.807, 2.05) is 0 Å². The van der Waals surface area contributed by atoms with Crippen LogP contribution in [0.1, 0.15) is 33.1 Å². The Morgan fingerprint density at radius 2 is 1.96 bits per heavy atom. The number of hydrogen-bond acceptors (Lipinski definition) is 7. The average molecular weight is 398 g/mol. The van der Waals surface area contributed by atoms with Crippen LogP contribution in [0.3, 0.4) is 0 Å². The van der Waals surface area contributed by atoms with Gasteiger partial charge in [0.15, 0.2) is 0 Å². The molecule has 0 radical (unpaired) electrons. The number of esters is 1. The Morgan fingerprint density at radius 1 is 1.26 bits per heavy atom. The lowest BCUT2D eigenvalue weighted by Gasteiger charge is -2.21. The number of rotatable bonds is 9. The van der Waals surface area contributed by atoms with Gasteiger partial charge in [-0.3, -0.25) is 4.79 Å². The lowest BCUT2D eigenvalue weighted by Crippen LogP contribution is -2.41. The fourth-order valence-electron chi connectivity index (χ4n) is 2.67. The minimum Gasteiger partial charge on any atom is -0.494 e. The van der Waals surface area contributed by atoms with E-state index < -0.39 is 22.0 Å². The Balaban J connectivity index is 2.22. The molecule has 0 N–H and O–H groups in total. The molecule has 1 heterocycles. The van der Waals surface area contributed by atoms with Crippen molar-refractivity contribution in [1.82, 2.24) is 4.31 Å². The summed E-state index contributed by atoms with van der Waals surface area (Å²) in [4.78, 5) is 17.2. The molecule has 9 heteroatoms. The first-order valence-electron chi connectivity index (χ1n) is 8.94. The third kappa shape index (κ3) is 5.20. The third-order valence-electron chi connectivity index (χ3n) is 4.11. The molecule has 1 fully saturated rings. The monoisotopic (exact) mass is 398 g/mol. The number of sulfonamides is 1. The zero-order chi connectivity index (χ0) is 19.9. The van der Waals surface area contributed by atoms with Gasteiger partial charge in [0.25, 0.3) is 0 Å². The van der Waals surface area contributed by atoms with E-state index >= 15 is 0 Å². The molecule has 1 aromatic carbocycles. The Kier molecular flexibility index (Phi) is 7.61. The summed E-state index contributed by atoms with van der Waals surface area (Å²) in [6, 6.07) is 5.22. The van der Waals surface area contributed by atoms with Gasteiger partial charge in [0.1, 0.15) is 18.4 Å². The first kappa shape index (κ1) is 21.2. The summed E-state index contributed by atoms with van der Waals surface area (Å²) in [6.07, 6.45) is 2.09. The smallest absolute Gasteiger partial charge is 0.324 e. The lowest BCUT2D eigenvalue weighted by molar-refractivity contribution is -0.144. The molecular formula is C18H26N2O6S. The minimum absolute atomic E-state index is 0.0170. The maximum absolute atomic E-state index is 13.0. The summed E-state index contributed by atoms with van der Waals surface area (Å²) < 4.78 is 37.5. The summed E-state index contributed by atoms with van der Waals surface area (Å²) in [5.74, 6) is -0.0215. The Hall–Kier alpha value is -2.13. The molecule has 1 aliphatic rings. The molecule has 1 saturated heterocycles. The summed E-state index contributed by atoms with van der Waals surface area (Å²) in [6.45, 7) is 4.76. The van der Waals surface area contributed by atoms with Gasteiger partial charge in [-0.25, -0.2) is 8.42 Å². The predicted molar refractivity (Wildman–Crippen MR) is 100 cm³/mol. The van der Waals surface area contributed by atoms with Crippen molar-refractivity contribution in [2.75, 3.05) is 26.9 Å². The van der Waals surface area contributed by atoms with E-state index in [-0.39, 0.29) is 17.9 Å². The van der Waals surface area contributed by atoms with Crippen LogP contribution in [-0.4, -0.2) is 57.3 Å². The fourth-order valence-corrected chi connectivity index (χ4v) is 4.23. The van der Waals surface area contributed by atoms with Gasteiger partial charge in [0.05, 0.1) is 30.9 Å². The van der Waals surface area contributed by atoms with Crippen molar-refractivity contribution >= 4 is 21.7 Å². The molecule has 150 valence electrons. The zero-order valence-corrected chi connectivity index (χ0v) is 16.7. The van der Waals surface area contributed by atoms with E-state index in [0.717, 1.165) is 17.1 Å². The van der Waals surface area contributed by atoms with Crippen molar-refractivity contribution in [1.29, 1.82) is 0 Å². The second kappa shape index (κ2) is 9.70. The Bertz CT molecular complexity index is 761. The SMILES string of the molecule is CCCCOc1ccc(S(=O)(=O)N2C/C(=N\OCC)C[C@@H]2C(=O)OC)cc1. The van der Waals surface area contributed by atoms with E-state index in [1.165, 1.54) is 19.2 Å². The van der Waals surface area contributed by atoms with Crippen molar-refractivity contribution in [3.05, 3.63) is 24.3 Å². The van der Waals surface area contributed by atoms with Gasteiger partial charge in [-0.1, -0.05) is 18.5 Å². The lowest BCUT2D eigenvalue weighted by atomic mass is 10.2. The summed E-state index contributed by atoms with van der Waals surface area (Å²) in [7, 11) is -2.67. The van der Waals surface area contributed by atoms with Crippen LogP contribution in [0, 0.1) is 0 Å². The van der Waals surface area contributed by atoms with Crippen LogP contribution in [-0.2, 0) is 24.4 Å². The number of nitrogens with zero attached hydrogens (tertiary/aromatic N) is 2. The van der Waals surface area contributed by atoms with Gasteiger partial charge in [-0.05, 0) is 37.6 Å². The van der Waals surface area contributed by atoms with Gasteiger partial charge >= 0.3 is 5.97 Å². The van der Waals surface area contributed by atoms with Crippen LogP contribution in [0.2, 0.25) is 0 Å². The second-order valence-electron chi connectivity index (χ2n) is 6.04. The highest BCUT2D eigenvalue weighted by molar-refractivity contribution is 7.89. The molecule has 0 spiro atoms. The van der Waals surface area contributed by atoms with Gasteiger partial charge in [0.2, 0.25) is 10.0 Å². The highest BCUT2D eigenvalue weighted by Crippen LogP contribution is 2.27. The third-order valence-corrected chi connectivity index (χ3v) is 5.98. The summed E-state index contributed by atoms with van der Waals surface area (Å²) in [5.41, 5.74) is 0.482. The Morgan fingerprint density at radius 3 is 2.56 bits per heavy atom. The molecule has 0 unspecified atom stereocenters. The molecule has 1 aliphatic heterocycles. The van der Waals surface area contributed by atoms with Crippen LogP contribution in [0.25, 0.3) is 0 Å². The van der Waals surface area contributed by atoms with Crippen molar-refractivity contribution in [3.8, 4) is 5.75 Å². The second-order valence-corrected chi connectivity index (χ2v) is 7.93. The minimum atomic E-state index is -3.90. The van der Waals surface area contributed by atoms with Crippen molar-refractivity contribution < 1.29 is 27.5 Å². The molecule has 2 rings (SSSR count). The number of hydrogen-bond donors (Lipinski definition) is 0. The van der Waals surface area contributed by atoms with Gasteiger partial charge < -0.3 is 14.3 Å². The fraction of sp³-hybridized carbons (Fsp3) is 0.556. The molecule has 0 aliphatic carbocycles. The first-order chi connectivity index (χ1) is 12.9. The topological polar surface area (TPSA) is 94.5 Å². The predicted octanol–water partition coefficient (Wildman–Crippen LogP) is 2.19. The van der Waals surface area contributed by atoms with E-state index in [9.17, 15) is 13.2 Å². The molecule has 8 nitrogen and oxygen atoms in total. The van der Waals surface area contributed by atoms with Crippen LogP contribution >= 0.6 is 0 Å². The van der Waals surface area contributed by atoms with Crippen LogP contribution in [0.15, 0.2) is 34.3 Å². The van der Waals surface area contributed by atoms with Crippen molar-refractivity contribution in [2.45, 2.75) is 44.0 Å². The number of unbranched alkanes of at least 4 members (excludes halogenated alkanes) is 1. The largest absolute Gasteiger partial charge is 0.494 e. The van der Waals surface area contributed by atoms with Crippen molar-refractivity contribution in [2.24, 2.45) is 5.16 Å². The van der Waals surface area contributed by atoms with E-state index in [1.54, 1.807) is 19.1 Å². The molecule has 0 bridgehead atoms. The van der Waals surface area contributed by atoms with E-state index in [0.29, 0.717) is 24.7 Å². The Labute approximate surface area is 160 Å². The van der Waals surface area contributed by atoms with E-state index in [4.69, 9.17) is 14.3 Å². The van der Waals surface area contributed by atoms with Crippen LogP contribution in [0.4, 0.5) is 0 Å². The van der Waals surface area contributed by atoms with Gasteiger partial charge in [-0.15, -0.1) is 0 Å². The van der Waals surface area contributed by atoms with Gasteiger partial charge in [-0.2, -0.15) is 4.31 Å². The number of methoxy groups -OCH3 is 1. The van der Waals surface area contributed by atoms with Crippen LogP contribution in [0.5, 0.6) is 5.75 Å². The molecule has 0 aromatic heterocycles. The summed E-state index contributed by atoms with van der Waals surface area (Å²) in [5, 5.41) is 3.90. The normalized spacial score (nSPS) is 19.2. The molecule has 1 atom stereocenters. The maximum Gasteiger partial charge on any atom is 0.324 e. The number of carbonyl (C=O) groups is 1. The standard InChI is InChI=1S/C18H26N2O6S/c1-4-6-11-25-15-7-9-16(10-8-15)27(22,23)20-13-14(19-26-5-2)12-17(20)18(21)24-3/h7-10,17H,4-6,11-13H2,1-3H3/b19-14-/t17-/m1/s1. The quantitative estimate of drug-likeness (QED) is 0.360. The van der Waals surface area contributed by atoms with Crippen molar-refractivity contribution in [3.63, 3.8) is 0 Å². The number of carbonyl (C=O) groups excluding carboxylic acids is 1. The molecule has 0 amide bonds. The average Bonchev–Trinajstić information content (AvgIpc) is 3.11. The van der Waals surface area contributed by atoms with Gasteiger partial charge in [0, 0.05) is 6.42 Å². The molecule has 27 heavy (non-hydrogen) atoms. The summed E-state index contributed by atoms with van der Waals surface area (Å²) >= 11 is 0. The highest BCUT2D eigenvalue weighted by atomic mass is 32.2. The number of ether oxygens (including phenoxy) is 2.